The van der Waals surface area contributed by atoms with Gasteiger partial charge in [-0.3, -0.25) is 9.69 Å². The number of anilines is 1. The zero-order valence-electron chi connectivity index (χ0n) is 12.8. The van der Waals surface area contributed by atoms with E-state index < -0.39 is 0 Å². The first-order chi connectivity index (χ1) is 11.6. The molecule has 24 heavy (non-hydrogen) atoms. The highest BCUT2D eigenvalue weighted by Gasteiger charge is 2.33. The minimum atomic E-state index is -0.105. The van der Waals surface area contributed by atoms with Crippen molar-refractivity contribution in [2.75, 3.05) is 11.7 Å². The predicted octanol–water partition coefficient (Wildman–Crippen LogP) is 4.13. The minimum Gasteiger partial charge on any atom is -0.454 e. The third-order valence-electron chi connectivity index (χ3n) is 3.78. The first-order valence-corrected chi connectivity index (χ1v) is 8.58. The second-order valence-corrected chi connectivity index (χ2v) is 7.14. The topological polar surface area (TPSA) is 38.8 Å². The number of benzene rings is 2. The van der Waals surface area contributed by atoms with Crippen LogP contribution in [0.5, 0.6) is 11.5 Å². The van der Waals surface area contributed by atoms with E-state index in [1.165, 1.54) is 11.8 Å². The van der Waals surface area contributed by atoms with E-state index in [0.717, 1.165) is 22.6 Å². The van der Waals surface area contributed by atoms with Crippen molar-refractivity contribution in [2.45, 2.75) is 6.92 Å². The number of aryl methyl sites for hydroxylation is 1. The number of hydrogen-bond donors (Lipinski definition) is 0. The summed E-state index contributed by atoms with van der Waals surface area (Å²) in [5.74, 6) is 1.31. The van der Waals surface area contributed by atoms with Crippen LogP contribution in [0.1, 0.15) is 11.1 Å². The molecule has 120 valence electrons. The Hall–Kier alpha value is -2.31. The van der Waals surface area contributed by atoms with E-state index in [0.29, 0.717) is 15.0 Å². The molecule has 2 aromatic carbocycles. The number of carbonyl (C=O) groups is 1. The average Bonchev–Trinajstić information content (AvgIpc) is 3.13. The van der Waals surface area contributed by atoms with Gasteiger partial charge in [0.05, 0.1) is 10.6 Å². The summed E-state index contributed by atoms with van der Waals surface area (Å²) in [4.78, 5) is 14.9. The maximum absolute atomic E-state index is 12.7. The van der Waals surface area contributed by atoms with Crippen LogP contribution in [0, 0.1) is 6.92 Å². The molecule has 1 fully saturated rings. The summed E-state index contributed by atoms with van der Waals surface area (Å²) in [6.07, 6.45) is 1.83. The van der Waals surface area contributed by atoms with Crippen LogP contribution in [-0.4, -0.2) is 17.0 Å². The van der Waals surface area contributed by atoms with Gasteiger partial charge in [0.1, 0.15) is 0 Å². The van der Waals surface area contributed by atoms with Gasteiger partial charge in [0.15, 0.2) is 15.8 Å². The van der Waals surface area contributed by atoms with Gasteiger partial charge in [-0.05, 0) is 42.8 Å². The molecule has 6 heteroatoms. The van der Waals surface area contributed by atoms with Gasteiger partial charge in [-0.2, -0.15) is 0 Å². The van der Waals surface area contributed by atoms with E-state index in [1.54, 1.807) is 4.90 Å². The molecule has 1 amide bonds. The highest BCUT2D eigenvalue weighted by atomic mass is 32.2. The van der Waals surface area contributed by atoms with Crippen LogP contribution in [0.15, 0.2) is 47.4 Å². The molecule has 0 aromatic heterocycles. The highest BCUT2D eigenvalue weighted by molar-refractivity contribution is 8.27. The quantitative estimate of drug-likeness (QED) is 0.598. The van der Waals surface area contributed by atoms with Crippen molar-refractivity contribution in [1.82, 2.24) is 0 Å². The molecule has 0 N–H and O–H groups in total. The maximum Gasteiger partial charge on any atom is 0.270 e. The lowest BCUT2D eigenvalue weighted by molar-refractivity contribution is -0.113. The van der Waals surface area contributed by atoms with Crippen molar-refractivity contribution in [3.05, 3.63) is 58.5 Å². The zero-order chi connectivity index (χ0) is 16.7. The van der Waals surface area contributed by atoms with Gasteiger partial charge in [-0.1, -0.05) is 47.7 Å². The molecule has 0 radical (unpaired) electrons. The molecule has 0 unspecified atom stereocenters. The number of hydrogen-bond acceptors (Lipinski definition) is 5. The number of rotatable bonds is 2. The van der Waals surface area contributed by atoms with Gasteiger partial charge in [0, 0.05) is 0 Å². The lowest BCUT2D eigenvalue weighted by Gasteiger charge is -2.14. The maximum atomic E-state index is 12.7. The Morgan fingerprint density at radius 2 is 1.88 bits per heavy atom. The summed E-state index contributed by atoms with van der Waals surface area (Å²) in [5, 5.41) is 0. The Kier molecular flexibility index (Phi) is 3.78. The molecule has 2 aliphatic rings. The molecular formula is C18H13NO3S2. The predicted molar refractivity (Wildman–Crippen MR) is 99.4 cm³/mol. The average molecular weight is 355 g/mol. The van der Waals surface area contributed by atoms with E-state index in [9.17, 15) is 4.79 Å². The Bertz CT molecular complexity index is 874. The normalized spacial score (nSPS) is 17.9. The molecule has 0 atom stereocenters. The number of ether oxygens (including phenoxy) is 2. The summed E-state index contributed by atoms with van der Waals surface area (Å²) in [7, 11) is 0. The van der Waals surface area contributed by atoms with Crippen LogP contribution in [0.2, 0.25) is 0 Å². The second kappa shape index (κ2) is 5.96. The first kappa shape index (κ1) is 15.2. The van der Waals surface area contributed by atoms with Gasteiger partial charge in [0.25, 0.3) is 5.91 Å². The van der Waals surface area contributed by atoms with Crippen LogP contribution < -0.4 is 14.4 Å². The zero-order valence-corrected chi connectivity index (χ0v) is 14.4. The second-order valence-electron chi connectivity index (χ2n) is 5.47. The number of amides is 1. The number of thioether (sulfide) groups is 1. The molecule has 4 nitrogen and oxygen atoms in total. The molecular weight excluding hydrogens is 342 g/mol. The number of thiocarbonyl (C=S) groups is 1. The van der Waals surface area contributed by atoms with E-state index in [2.05, 4.69) is 0 Å². The third-order valence-corrected chi connectivity index (χ3v) is 5.08. The fraction of sp³-hybridized carbons (Fsp3) is 0.111. The number of nitrogens with zero attached hydrogens (tertiary/aromatic N) is 1. The number of carbonyl (C=O) groups excluding carboxylic acids is 1. The van der Waals surface area contributed by atoms with Crippen molar-refractivity contribution in [1.29, 1.82) is 0 Å². The van der Waals surface area contributed by atoms with Gasteiger partial charge < -0.3 is 9.47 Å². The number of fused-ring (bicyclic) bond motifs is 1. The Balaban J connectivity index is 1.64. The van der Waals surface area contributed by atoms with Crippen molar-refractivity contribution in [3.8, 4) is 11.5 Å². The van der Waals surface area contributed by atoms with E-state index in [1.807, 2.05) is 55.5 Å². The Morgan fingerprint density at radius 3 is 2.67 bits per heavy atom. The third kappa shape index (κ3) is 2.68. The van der Waals surface area contributed by atoms with E-state index in [-0.39, 0.29) is 12.7 Å². The van der Waals surface area contributed by atoms with Crippen LogP contribution in [0.3, 0.4) is 0 Å². The molecule has 2 aliphatic heterocycles. The summed E-state index contributed by atoms with van der Waals surface area (Å²) in [5.41, 5.74) is 2.81. The van der Waals surface area contributed by atoms with Gasteiger partial charge in [0.2, 0.25) is 6.79 Å². The van der Waals surface area contributed by atoms with Crippen LogP contribution in [0.4, 0.5) is 5.69 Å². The Labute approximate surface area is 149 Å². The summed E-state index contributed by atoms with van der Waals surface area (Å²) in [6, 6.07) is 13.3. The largest absolute Gasteiger partial charge is 0.454 e. The Morgan fingerprint density at radius 1 is 1.12 bits per heavy atom. The monoisotopic (exact) mass is 355 g/mol. The van der Waals surface area contributed by atoms with E-state index >= 15 is 0 Å². The molecule has 0 spiro atoms. The molecule has 2 heterocycles. The van der Waals surface area contributed by atoms with Crippen LogP contribution in [-0.2, 0) is 4.79 Å². The molecule has 0 aliphatic carbocycles. The molecule has 0 bridgehead atoms. The van der Waals surface area contributed by atoms with Crippen molar-refractivity contribution in [3.63, 3.8) is 0 Å². The van der Waals surface area contributed by atoms with Crippen molar-refractivity contribution < 1.29 is 14.3 Å². The molecule has 1 saturated heterocycles. The standard InChI is InChI=1S/C18H13NO3S2/c1-11-2-5-13(6-3-11)19-17(20)16(24-18(19)23)9-12-4-7-14-15(8-12)22-10-21-14/h2-9H,10H2,1H3. The lowest BCUT2D eigenvalue weighted by atomic mass is 10.2. The van der Waals surface area contributed by atoms with Gasteiger partial charge >= 0.3 is 0 Å². The van der Waals surface area contributed by atoms with Crippen molar-refractivity contribution >= 4 is 46.0 Å². The fourth-order valence-electron chi connectivity index (χ4n) is 2.54. The lowest BCUT2D eigenvalue weighted by Crippen LogP contribution is -2.27. The summed E-state index contributed by atoms with van der Waals surface area (Å²) >= 11 is 6.69. The molecule has 2 aromatic rings. The molecule has 4 rings (SSSR count). The smallest absolute Gasteiger partial charge is 0.270 e. The van der Waals surface area contributed by atoms with Gasteiger partial charge in [-0.25, -0.2) is 0 Å². The molecule has 0 saturated carbocycles. The van der Waals surface area contributed by atoms with Crippen LogP contribution in [0.25, 0.3) is 6.08 Å². The SMILES string of the molecule is Cc1ccc(N2C(=O)C(=Cc3ccc4c(c3)OCO4)SC2=S)cc1. The van der Waals surface area contributed by atoms with Crippen LogP contribution >= 0.6 is 24.0 Å². The summed E-state index contributed by atoms with van der Waals surface area (Å²) in [6.45, 7) is 2.24. The van der Waals surface area contributed by atoms with Crippen molar-refractivity contribution in [2.24, 2.45) is 0 Å². The highest BCUT2D eigenvalue weighted by Crippen LogP contribution is 2.38. The fourth-order valence-corrected chi connectivity index (χ4v) is 3.84. The van der Waals surface area contributed by atoms with Gasteiger partial charge in [-0.15, -0.1) is 0 Å². The minimum absolute atomic E-state index is 0.105. The summed E-state index contributed by atoms with van der Waals surface area (Å²) < 4.78 is 11.2. The van der Waals surface area contributed by atoms with E-state index in [4.69, 9.17) is 21.7 Å². The first-order valence-electron chi connectivity index (χ1n) is 7.36.